The molecule has 0 saturated carbocycles. The number of halogens is 1. The fourth-order valence-corrected chi connectivity index (χ4v) is 3.69. The number of fused-ring (bicyclic) bond motifs is 1. The quantitative estimate of drug-likeness (QED) is 0.708. The minimum absolute atomic E-state index is 0.223. The Bertz CT molecular complexity index is 1010. The maximum atomic E-state index is 13.4. The number of aromatic nitrogens is 3. The highest BCUT2D eigenvalue weighted by molar-refractivity contribution is 5.69. The van der Waals surface area contributed by atoms with Gasteiger partial charge in [-0.05, 0) is 55.2 Å². The van der Waals surface area contributed by atoms with Crippen LogP contribution in [0.3, 0.4) is 0 Å². The van der Waals surface area contributed by atoms with Crippen LogP contribution in [0.2, 0.25) is 0 Å². The molecule has 1 aromatic heterocycles. The van der Waals surface area contributed by atoms with E-state index in [-0.39, 0.29) is 11.9 Å². The van der Waals surface area contributed by atoms with Gasteiger partial charge in [-0.25, -0.2) is 4.39 Å². The Labute approximate surface area is 163 Å². The number of nitrogens with zero attached hydrogens (tertiary/aromatic N) is 4. The first-order chi connectivity index (χ1) is 13.5. The monoisotopic (exact) mass is 378 g/mol. The van der Waals surface area contributed by atoms with E-state index in [1.165, 1.54) is 17.7 Å². The van der Waals surface area contributed by atoms with E-state index in [4.69, 9.17) is 5.73 Å². The van der Waals surface area contributed by atoms with Crippen molar-refractivity contribution in [1.82, 2.24) is 15.0 Å². The summed E-state index contributed by atoms with van der Waals surface area (Å²) in [6.07, 6.45) is 0.902. The summed E-state index contributed by atoms with van der Waals surface area (Å²) in [4.78, 5) is 15.7. The van der Waals surface area contributed by atoms with Crippen LogP contribution in [0.4, 0.5) is 22.0 Å². The van der Waals surface area contributed by atoms with Crippen LogP contribution in [-0.4, -0.2) is 21.0 Å². The first-order valence-corrected chi connectivity index (χ1v) is 9.36. The molecule has 0 radical (unpaired) electrons. The van der Waals surface area contributed by atoms with Crippen LogP contribution >= 0.6 is 0 Å². The lowest BCUT2D eigenvalue weighted by Crippen LogP contribution is -2.26. The number of nitrogens with two attached hydrogens (primary N) is 1. The van der Waals surface area contributed by atoms with Gasteiger partial charge < -0.3 is 16.0 Å². The van der Waals surface area contributed by atoms with E-state index in [2.05, 4.69) is 44.2 Å². The van der Waals surface area contributed by atoms with Gasteiger partial charge in [-0.15, -0.1) is 0 Å². The molecule has 2 aromatic carbocycles. The number of hydrogen-bond acceptors (Lipinski definition) is 6. The molecule has 0 amide bonds. The lowest BCUT2D eigenvalue weighted by Gasteiger charge is -2.23. The van der Waals surface area contributed by atoms with E-state index >= 15 is 0 Å². The highest BCUT2D eigenvalue weighted by Gasteiger charge is 2.30. The Morgan fingerprint density at radius 2 is 2.00 bits per heavy atom. The molecular weight excluding hydrogens is 355 g/mol. The molecule has 1 aliphatic rings. The summed E-state index contributed by atoms with van der Waals surface area (Å²) in [7, 11) is 0. The highest BCUT2D eigenvalue weighted by Crippen LogP contribution is 2.38. The van der Waals surface area contributed by atoms with Gasteiger partial charge in [0.2, 0.25) is 11.9 Å². The van der Waals surface area contributed by atoms with Crippen molar-refractivity contribution < 1.29 is 4.39 Å². The van der Waals surface area contributed by atoms with Crippen molar-refractivity contribution >= 4 is 17.6 Å². The number of aryl methyl sites for hydroxylation is 1. The van der Waals surface area contributed by atoms with E-state index in [1.807, 2.05) is 19.1 Å². The lowest BCUT2D eigenvalue weighted by molar-refractivity contribution is 0.626. The minimum atomic E-state index is -0.259. The first kappa shape index (κ1) is 18.3. The number of anilines is 3. The fraction of sp³-hybridized carbons (Fsp3) is 0.286. The van der Waals surface area contributed by atoms with Gasteiger partial charge in [0.05, 0.1) is 0 Å². The molecule has 2 heterocycles. The average Bonchev–Trinajstić information content (AvgIpc) is 3.02. The third-order valence-corrected chi connectivity index (χ3v) is 4.96. The zero-order valence-electron chi connectivity index (χ0n) is 16.0. The Kier molecular flexibility index (Phi) is 4.92. The van der Waals surface area contributed by atoms with E-state index in [1.54, 1.807) is 6.07 Å². The van der Waals surface area contributed by atoms with Gasteiger partial charge in [-0.2, -0.15) is 15.0 Å². The molecule has 7 heteroatoms. The van der Waals surface area contributed by atoms with E-state index in [0.717, 1.165) is 23.2 Å². The fourth-order valence-electron chi connectivity index (χ4n) is 3.69. The molecule has 0 aliphatic carbocycles. The predicted molar refractivity (Wildman–Crippen MR) is 108 cm³/mol. The Morgan fingerprint density at radius 3 is 2.79 bits per heavy atom. The molecule has 1 atom stereocenters. The Balaban J connectivity index is 1.63. The molecule has 1 aliphatic heterocycles. The second kappa shape index (κ2) is 7.52. The van der Waals surface area contributed by atoms with E-state index in [9.17, 15) is 4.39 Å². The molecule has 3 N–H and O–H groups in total. The summed E-state index contributed by atoms with van der Waals surface area (Å²) in [5.74, 6) is 1.45. The second-order valence-corrected chi connectivity index (χ2v) is 7.03. The molecule has 28 heavy (non-hydrogen) atoms. The summed E-state index contributed by atoms with van der Waals surface area (Å²) in [5, 5.41) is 3.18. The predicted octanol–water partition coefficient (Wildman–Crippen LogP) is 3.47. The van der Waals surface area contributed by atoms with Gasteiger partial charge >= 0.3 is 0 Å². The largest absolute Gasteiger partial charge is 0.350 e. The second-order valence-electron chi connectivity index (χ2n) is 7.03. The topological polar surface area (TPSA) is 80.0 Å². The van der Waals surface area contributed by atoms with Crippen LogP contribution in [0.15, 0.2) is 42.5 Å². The molecule has 4 rings (SSSR count). The van der Waals surface area contributed by atoms with Crippen molar-refractivity contribution in [1.29, 1.82) is 0 Å². The van der Waals surface area contributed by atoms with Crippen LogP contribution in [0, 0.1) is 12.7 Å². The maximum absolute atomic E-state index is 13.4. The maximum Gasteiger partial charge on any atom is 0.235 e. The number of benzene rings is 2. The van der Waals surface area contributed by atoms with Crippen LogP contribution in [-0.2, 0) is 19.5 Å². The van der Waals surface area contributed by atoms with Gasteiger partial charge in [-0.3, -0.25) is 0 Å². The van der Waals surface area contributed by atoms with Gasteiger partial charge in [0.1, 0.15) is 11.6 Å². The van der Waals surface area contributed by atoms with Crippen molar-refractivity contribution in [3.8, 4) is 0 Å². The number of rotatable bonds is 5. The molecule has 0 spiro atoms. The number of hydrogen-bond donors (Lipinski definition) is 2. The summed E-state index contributed by atoms with van der Waals surface area (Å²) in [6.45, 7) is 4.94. The van der Waals surface area contributed by atoms with Crippen molar-refractivity contribution in [2.45, 2.75) is 39.4 Å². The lowest BCUT2D eigenvalue weighted by atomic mass is 10.0. The SMILES string of the molecule is Cc1nc(NCc2cccc(F)c2)nc(N2c3cccc(CN)c3CC2C)n1. The van der Waals surface area contributed by atoms with Gasteiger partial charge in [0.15, 0.2) is 0 Å². The summed E-state index contributed by atoms with van der Waals surface area (Å²) >= 11 is 0. The Hall–Kier alpha value is -3.06. The van der Waals surface area contributed by atoms with Crippen LogP contribution in [0.1, 0.15) is 29.4 Å². The molecule has 1 unspecified atom stereocenters. The molecule has 0 saturated heterocycles. The smallest absolute Gasteiger partial charge is 0.235 e. The van der Waals surface area contributed by atoms with Gasteiger partial charge in [0.25, 0.3) is 0 Å². The molecule has 3 aromatic rings. The zero-order valence-corrected chi connectivity index (χ0v) is 16.0. The Morgan fingerprint density at radius 1 is 1.18 bits per heavy atom. The minimum Gasteiger partial charge on any atom is -0.350 e. The first-order valence-electron chi connectivity index (χ1n) is 9.36. The van der Waals surface area contributed by atoms with Crippen LogP contribution < -0.4 is 16.0 Å². The van der Waals surface area contributed by atoms with Crippen molar-refractivity contribution in [3.63, 3.8) is 0 Å². The molecule has 6 nitrogen and oxygen atoms in total. The van der Waals surface area contributed by atoms with Crippen molar-refractivity contribution in [3.05, 3.63) is 70.8 Å². The van der Waals surface area contributed by atoms with Crippen molar-refractivity contribution in [2.75, 3.05) is 10.2 Å². The average molecular weight is 378 g/mol. The van der Waals surface area contributed by atoms with Crippen LogP contribution in [0.5, 0.6) is 0 Å². The normalized spacial score (nSPS) is 15.6. The molecular formula is C21H23FN6. The summed E-state index contributed by atoms with van der Waals surface area (Å²) in [5.41, 5.74) is 10.2. The van der Waals surface area contributed by atoms with E-state index < -0.39 is 0 Å². The molecule has 144 valence electrons. The summed E-state index contributed by atoms with van der Waals surface area (Å²) < 4.78 is 13.4. The number of nitrogens with one attached hydrogen (secondary N) is 1. The van der Waals surface area contributed by atoms with Crippen molar-refractivity contribution in [2.24, 2.45) is 5.73 Å². The molecule has 0 bridgehead atoms. The highest BCUT2D eigenvalue weighted by atomic mass is 19.1. The van der Waals surface area contributed by atoms with E-state index in [0.29, 0.717) is 30.8 Å². The molecule has 0 fully saturated rings. The summed E-state index contributed by atoms with van der Waals surface area (Å²) in [6, 6.07) is 12.9. The van der Waals surface area contributed by atoms with Crippen LogP contribution in [0.25, 0.3) is 0 Å². The third kappa shape index (κ3) is 3.53. The van der Waals surface area contributed by atoms with Gasteiger partial charge in [-0.1, -0.05) is 24.3 Å². The third-order valence-electron chi connectivity index (χ3n) is 4.96. The van der Waals surface area contributed by atoms with Gasteiger partial charge in [0, 0.05) is 24.8 Å². The standard InChI is InChI=1S/C21H23FN6/c1-13-9-18-16(11-23)6-4-8-19(18)28(13)21-26-14(2)25-20(27-21)24-12-15-5-3-7-17(22)10-15/h3-8,10,13H,9,11-12,23H2,1-2H3,(H,24,25,26,27). The zero-order chi connectivity index (χ0) is 19.7.